The van der Waals surface area contributed by atoms with Crippen LogP contribution in [-0.4, -0.2) is 13.1 Å². The van der Waals surface area contributed by atoms with E-state index in [1.807, 2.05) is 6.07 Å². The lowest BCUT2D eigenvalue weighted by Crippen LogP contribution is -2.28. The molecule has 0 spiro atoms. The summed E-state index contributed by atoms with van der Waals surface area (Å²) in [4.78, 5) is 0. The molecule has 1 unspecified atom stereocenters. The summed E-state index contributed by atoms with van der Waals surface area (Å²) in [6.45, 7) is 1.56. The monoisotopic (exact) mass is 364 g/mol. The molecule has 1 aliphatic carbocycles. The van der Waals surface area contributed by atoms with E-state index in [-0.39, 0.29) is 6.04 Å². The fraction of sp³-hybridized carbons (Fsp3) is 0.667. The number of hydrogen-bond acceptors (Lipinski definition) is 3. The minimum absolute atomic E-state index is 0.108. The second kappa shape index (κ2) is 6.36. The molecule has 1 aromatic rings. The van der Waals surface area contributed by atoms with Gasteiger partial charge in [0.2, 0.25) is 0 Å². The van der Waals surface area contributed by atoms with E-state index in [9.17, 15) is 0 Å². The zero-order chi connectivity index (χ0) is 12.3. The van der Waals surface area contributed by atoms with Gasteiger partial charge >= 0.3 is 0 Å². The van der Waals surface area contributed by atoms with Gasteiger partial charge in [0.25, 0.3) is 0 Å². The van der Waals surface area contributed by atoms with Crippen LogP contribution < -0.4 is 11.1 Å². The highest BCUT2D eigenvalue weighted by atomic mass is 79.9. The Balaban J connectivity index is 1.78. The molecule has 5 heteroatoms. The number of nitrogens with one attached hydrogen (secondary N) is 1. The number of hydrogen-bond donors (Lipinski definition) is 2. The van der Waals surface area contributed by atoms with Crippen molar-refractivity contribution in [3.05, 3.63) is 21.0 Å². The normalized spacial score (nSPS) is 17.4. The van der Waals surface area contributed by atoms with Crippen molar-refractivity contribution in [1.82, 2.24) is 5.32 Å². The second-order valence-electron chi connectivity index (χ2n) is 4.60. The van der Waals surface area contributed by atoms with E-state index < -0.39 is 0 Å². The Bertz CT molecular complexity index is 344. The van der Waals surface area contributed by atoms with Crippen LogP contribution in [0.25, 0.3) is 0 Å². The Morgan fingerprint density at radius 3 is 2.76 bits per heavy atom. The minimum atomic E-state index is 0.108. The van der Waals surface area contributed by atoms with Gasteiger partial charge in [0.15, 0.2) is 4.67 Å². The molecule has 1 fully saturated rings. The predicted octanol–water partition coefficient (Wildman–Crippen LogP) is 3.58. The first kappa shape index (κ1) is 13.6. The molecule has 2 rings (SSSR count). The van der Waals surface area contributed by atoms with Gasteiger partial charge in [0, 0.05) is 6.54 Å². The lowest BCUT2D eigenvalue weighted by Gasteiger charge is -2.14. The van der Waals surface area contributed by atoms with Crippen LogP contribution in [-0.2, 0) is 0 Å². The van der Waals surface area contributed by atoms with Crippen molar-refractivity contribution in [3.8, 4) is 0 Å². The molecule has 1 aliphatic rings. The first-order valence-electron chi connectivity index (χ1n) is 6.09. The number of nitrogens with two attached hydrogens (primary N) is 1. The summed E-state index contributed by atoms with van der Waals surface area (Å²) in [6.07, 6.45) is 5.43. The molecular weight excluding hydrogens is 348 g/mol. The fourth-order valence-corrected chi connectivity index (χ4v) is 2.52. The van der Waals surface area contributed by atoms with Crippen LogP contribution in [0.15, 0.2) is 19.6 Å². The SMILES string of the molecule is NCC(NCCCC1CC1)c1cc(Br)c(Br)o1. The van der Waals surface area contributed by atoms with Crippen LogP contribution in [0, 0.1) is 5.92 Å². The van der Waals surface area contributed by atoms with Gasteiger partial charge in [-0.3, -0.25) is 0 Å². The third-order valence-corrected chi connectivity index (χ3v) is 4.83. The maximum absolute atomic E-state index is 5.77. The predicted molar refractivity (Wildman–Crippen MR) is 75.9 cm³/mol. The highest BCUT2D eigenvalue weighted by Gasteiger charge is 2.20. The molecule has 0 bridgehead atoms. The van der Waals surface area contributed by atoms with Gasteiger partial charge in [0.05, 0.1) is 10.5 Å². The highest BCUT2D eigenvalue weighted by Crippen LogP contribution is 2.33. The van der Waals surface area contributed by atoms with Crippen molar-refractivity contribution < 1.29 is 4.42 Å². The molecule has 17 heavy (non-hydrogen) atoms. The molecule has 0 aromatic carbocycles. The molecular formula is C12H18Br2N2O. The Labute approximate surface area is 119 Å². The summed E-state index contributed by atoms with van der Waals surface area (Å²) in [5.41, 5.74) is 5.77. The molecule has 1 heterocycles. The molecule has 3 N–H and O–H groups in total. The summed E-state index contributed by atoms with van der Waals surface area (Å²) in [5.74, 6) is 1.89. The molecule has 1 aromatic heterocycles. The van der Waals surface area contributed by atoms with Crippen LogP contribution >= 0.6 is 31.9 Å². The third kappa shape index (κ3) is 4.09. The van der Waals surface area contributed by atoms with Gasteiger partial charge < -0.3 is 15.5 Å². The largest absolute Gasteiger partial charge is 0.451 e. The van der Waals surface area contributed by atoms with E-state index >= 15 is 0 Å². The standard InChI is InChI=1S/C12H18Br2N2O/c13-9-6-11(17-12(9)14)10(7-15)16-5-1-2-8-3-4-8/h6,8,10,16H,1-5,7,15H2. The lowest BCUT2D eigenvalue weighted by atomic mass is 10.2. The number of halogens is 2. The minimum Gasteiger partial charge on any atom is -0.451 e. The summed E-state index contributed by atoms with van der Waals surface area (Å²) in [6, 6.07) is 2.08. The quantitative estimate of drug-likeness (QED) is 0.726. The van der Waals surface area contributed by atoms with Gasteiger partial charge in [0.1, 0.15) is 5.76 Å². The maximum Gasteiger partial charge on any atom is 0.183 e. The summed E-state index contributed by atoms with van der Waals surface area (Å²) in [7, 11) is 0. The molecule has 0 radical (unpaired) electrons. The Morgan fingerprint density at radius 1 is 1.47 bits per heavy atom. The van der Waals surface area contributed by atoms with Crippen LogP contribution in [0.1, 0.15) is 37.5 Å². The van der Waals surface area contributed by atoms with Gasteiger partial charge in [-0.1, -0.05) is 12.8 Å². The van der Waals surface area contributed by atoms with E-state index in [1.54, 1.807) is 0 Å². The van der Waals surface area contributed by atoms with Crippen molar-refractivity contribution in [2.24, 2.45) is 11.7 Å². The Kier molecular flexibility index (Phi) is 5.09. The highest BCUT2D eigenvalue weighted by molar-refractivity contribution is 9.13. The number of furan rings is 1. The average molecular weight is 366 g/mol. The van der Waals surface area contributed by atoms with Crippen LogP contribution in [0.4, 0.5) is 0 Å². The fourth-order valence-electron chi connectivity index (χ4n) is 1.91. The molecule has 0 amide bonds. The van der Waals surface area contributed by atoms with Gasteiger partial charge in [-0.15, -0.1) is 0 Å². The molecule has 3 nitrogen and oxygen atoms in total. The van der Waals surface area contributed by atoms with Crippen molar-refractivity contribution in [2.75, 3.05) is 13.1 Å². The summed E-state index contributed by atoms with van der Waals surface area (Å²) in [5, 5.41) is 3.45. The van der Waals surface area contributed by atoms with E-state index in [1.165, 1.54) is 25.7 Å². The van der Waals surface area contributed by atoms with Gasteiger partial charge in [-0.25, -0.2) is 0 Å². The van der Waals surface area contributed by atoms with Crippen molar-refractivity contribution >= 4 is 31.9 Å². The van der Waals surface area contributed by atoms with Crippen LogP contribution in [0.5, 0.6) is 0 Å². The zero-order valence-corrected chi connectivity index (χ0v) is 12.9. The lowest BCUT2D eigenvalue weighted by molar-refractivity contribution is 0.401. The summed E-state index contributed by atoms with van der Waals surface area (Å²) < 4.78 is 7.25. The molecule has 1 saturated carbocycles. The van der Waals surface area contributed by atoms with Gasteiger partial charge in [-0.05, 0) is 63.2 Å². The molecule has 96 valence electrons. The maximum atomic E-state index is 5.77. The molecule has 0 saturated heterocycles. The molecule has 0 aliphatic heterocycles. The van der Waals surface area contributed by atoms with E-state index in [4.69, 9.17) is 10.2 Å². The smallest absolute Gasteiger partial charge is 0.183 e. The topological polar surface area (TPSA) is 51.2 Å². The van der Waals surface area contributed by atoms with E-state index in [0.29, 0.717) is 6.54 Å². The average Bonchev–Trinajstić information content (AvgIpc) is 3.06. The Morgan fingerprint density at radius 2 is 2.24 bits per heavy atom. The van der Waals surface area contributed by atoms with Crippen molar-refractivity contribution in [2.45, 2.75) is 31.7 Å². The number of rotatable bonds is 7. The van der Waals surface area contributed by atoms with E-state index in [2.05, 4.69) is 37.2 Å². The second-order valence-corrected chi connectivity index (χ2v) is 6.17. The first-order chi connectivity index (χ1) is 8.20. The summed E-state index contributed by atoms with van der Waals surface area (Å²) >= 11 is 6.75. The Hall–Kier alpha value is 0.160. The molecule has 1 atom stereocenters. The van der Waals surface area contributed by atoms with Gasteiger partial charge in [-0.2, -0.15) is 0 Å². The first-order valence-corrected chi connectivity index (χ1v) is 7.67. The van der Waals surface area contributed by atoms with Crippen LogP contribution in [0.3, 0.4) is 0 Å². The van der Waals surface area contributed by atoms with Crippen molar-refractivity contribution in [1.29, 1.82) is 0 Å². The third-order valence-electron chi connectivity index (χ3n) is 3.12. The van der Waals surface area contributed by atoms with Crippen LogP contribution in [0.2, 0.25) is 0 Å². The van der Waals surface area contributed by atoms with E-state index in [0.717, 1.165) is 27.4 Å². The van der Waals surface area contributed by atoms with Crippen molar-refractivity contribution in [3.63, 3.8) is 0 Å². The zero-order valence-electron chi connectivity index (χ0n) is 9.72.